The molecular formula is C15H14N2O3S. The first-order valence-corrected chi connectivity index (χ1v) is 7.99. The van der Waals surface area contributed by atoms with Crippen LogP contribution in [0.3, 0.4) is 0 Å². The maximum Gasteiger partial charge on any atom is 0.265 e. The zero-order chi connectivity index (χ0) is 14.9. The minimum Gasteiger partial charge on any atom is -0.309 e. The third-order valence-corrected chi connectivity index (χ3v) is 4.73. The SMILES string of the molecule is O=C(NS(=O)(=O)c1ccccc1)c1ccc2c(c1)CNC2. The average Bonchev–Trinajstić information content (AvgIpc) is 2.95. The van der Waals surface area contributed by atoms with E-state index in [0.717, 1.165) is 17.7 Å². The van der Waals surface area contributed by atoms with E-state index in [1.54, 1.807) is 30.3 Å². The van der Waals surface area contributed by atoms with Gasteiger partial charge in [-0.15, -0.1) is 0 Å². The third kappa shape index (κ3) is 2.81. The second kappa shape index (κ2) is 5.31. The molecule has 2 N–H and O–H groups in total. The summed E-state index contributed by atoms with van der Waals surface area (Å²) < 4.78 is 26.3. The summed E-state index contributed by atoms with van der Waals surface area (Å²) in [5.74, 6) is -0.617. The zero-order valence-corrected chi connectivity index (χ0v) is 12.0. The average molecular weight is 302 g/mol. The van der Waals surface area contributed by atoms with Gasteiger partial charge in [0.2, 0.25) is 0 Å². The van der Waals surface area contributed by atoms with Crippen LogP contribution in [0.2, 0.25) is 0 Å². The highest BCUT2D eigenvalue weighted by molar-refractivity contribution is 7.90. The lowest BCUT2D eigenvalue weighted by molar-refractivity contribution is 0.0981. The summed E-state index contributed by atoms with van der Waals surface area (Å²) in [4.78, 5) is 12.2. The molecular weight excluding hydrogens is 288 g/mol. The van der Waals surface area contributed by atoms with Crippen molar-refractivity contribution in [1.29, 1.82) is 0 Å². The Kier molecular flexibility index (Phi) is 3.48. The molecule has 0 atom stereocenters. The summed E-state index contributed by atoms with van der Waals surface area (Å²) in [6.07, 6.45) is 0. The standard InChI is InChI=1S/C15H14N2O3S/c18-15(11-6-7-12-9-16-10-13(12)8-11)17-21(19,20)14-4-2-1-3-5-14/h1-8,16H,9-10H2,(H,17,18). The number of hydrogen-bond acceptors (Lipinski definition) is 4. The van der Waals surface area contributed by atoms with Crippen LogP contribution in [0.25, 0.3) is 0 Å². The van der Waals surface area contributed by atoms with Gasteiger partial charge in [-0.1, -0.05) is 24.3 Å². The monoisotopic (exact) mass is 302 g/mol. The number of carbonyl (C=O) groups excluding carboxylic acids is 1. The maximum absolute atomic E-state index is 12.1. The lowest BCUT2D eigenvalue weighted by Crippen LogP contribution is -2.30. The van der Waals surface area contributed by atoms with E-state index in [9.17, 15) is 13.2 Å². The van der Waals surface area contributed by atoms with E-state index in [4.69, 9.17) is 0 Å². The molecule has 3 rings (SSSR count). The molecule has 21 heavy (non-hydrogen) atoms. The van der Waals surface area contributed by atoms with E-state index in [0.29, 0.717) is 12.1 Å². The number of benzene rings is 2. The van der Waals surface area contributed by atoms with E-state index >= 15 is 0 Å². The van der Waals surface area contributed by atoms with Crippen molar-refractivity contribution in [3.63, 3.8) is 0 Å². The van der Waals surface area contributed by atoms with Crippen molar-refractivity contribution in [2.24, 2.45) is 0 Å². The molecule has 0 radical (unpaired) electrons. The Labute approximate surface area is 123 Å². The number of sulfonamides is 1. The molecule has 0 aromatic heterocycles. The number of rotatable bonds is 3. The second-order valence-electron chi connectivity index (χ2n) is 4.83. The molecule has 1 amide bonds. The molecule has 5 nitrogen and oxygen atoms in total. The molecule has 6 heteroatoms. The fraction of sp³-hybridized carbons (Fsp3) is 0.133. The van der Waals surface area contributed by atoms with Crippen molar-refractivity contribution < 1.29 is 13.2 Å². The van der Waals surface area contributed by atoms with Crippen molar-refractivity contribution in [2.75, 3.05) is 0 Å². The number of hydrogen-bond donors (Lipinski definition) is 2. The molecule has 1 heterocycles. The van der Waals surface area contributed by atoms with E-state index in [1.165, 1.54) is 12.1 Å². The lowest BCUT2D eigenvalue weighted by atomic mass is 10.1. The molecule has 0 fully saturated rings. The van der Waals surface area contributed by atoms with Crippen molar-refractivity contribution in [1.82, 2.24) is 10.0 Å². The fourth-order valence-corrected chi connectivity index (χ4v) is 3.27. The van der Waals surface area contributed by atoms with Crippen molar-refractivity contribution in [2.45, 2.75) is 18.0 Å². The second-order valence-corrected chi connectivity index (χ2v) is 6.52. The predicted octanol–water partition coefficient (Wildman–Crippen LogP) is 1.41. The Balaban J connectivity index is 1.84. The van der Waals surface area contributed by atoms with Crippen LogP contribution in [0.15, 0.2) is 53.4 Å². The van der Waals surface area contributed by atoms with Crippen LogP contribution in [-0.2, 0) is 23.1 Å². The summed E-state index contributed by atoms with van der Waals surface area (Å²) in [6.45, 7) is 1.47. The molecule has 0 aliphatic carbocycles. The third-order valence-electron chi connectivity index (χ3n) is 3.38. The van der Waals surface area contributed by atoms with Crippen LogP contribution in [-0.4, -0.2) is 14.3 Å². The van der Waals surface area contributed by atoms with Crippen molar-refractivity contribution in [3.05, 3.63) is 65.2 Å². The number of fused-ring (bicyclic) bond motifs is 1. The molecule has 0 saturated carbocycles. The molecule has 0 bridgehead atoms. The smallest absolute Gasteiger partial charge is 0.265 e. The van der Waals surface area contributed by atoms with Gasteiger partial charge in [-0.05, 0) is 35.4 Å². The normalized spacial score (nSPS) is 13.7. The Bertz CT molecular complexity index is 786. The molecule has 2 aromatic carbocycles. The van der Waals surface area contributed by atoms with Crippen LogP contribution in [0.1, 0.15) is 21.5 Å². The van der Waals surface area contributed by atoms with Crippen LogP contribution in [0.4, 0.5) is 0 Å². The molecule has 1 aliphatic heterocycles. The van der Waals surface area contributed by atoms with Gasteiger partial charge in [-0.25, -0.2) is 13.1 Å². The van der Waals surface area contributed by atoms with Gasteiger partial charge in [0.05, 0.1) is 4.90 Å². The van der Waals surface area contributed by atoms with Gasteiger partial charge in [0, 0.05) is 18.7 Å². The number of nitrogens with one attached hydrogen (secondary N) is 2. The quantitative estimate of drug-likeness (QED) is 0.899. The lowest BCUT2D eigenvalue weighted by Gasteiger charge is -2.08. The van der Waals surface area contributed by atoms with E-state index in [-0.39, 0.29) is 4.90 Å². The summed E-state index contributed by atoms with van der Waals surface area (Å²) in [6, 6.07) is 13.0. The summed E-state index contributed by atoms with van der Waals surface area (Å²) in [5, 5.41) is 3.18. The highest BCUT2D eigenvalue weighted by Crippen LogP contribution is 2.17. The molecule has 2 aromatic rings. The topological polar surface area (TPSA) is 75.3 Å². The first-order chi connectivity index (χ1) is 10.1. The number of amides is 1. The van der Waals surface area contributed by atoms with Gasteiger partial charge < -0.3 is 5.32 Å². The summed E-state index contributed by atoms with van der Waals surface area (Å²) in [7, 11) is -3.84. The zero-order valence-electron chi connectivity index (χ0n) is 11.2. The predicted molar refractivity (Wildman–Crippen MR) is 78.1 cm³/mol. The molecule has 0 spiro atoms. The largest absolute Gasteiger partial charge is 0.309 e. The Hall–Kier alpha value is -2.18. The molecule has 0 saturated heterocycles. The molecule has 1 aliphatic rings. The summed E-state index contributed by atoms with van der Waals surface area (Å²) in [5.41, 5.74) is 2.51. The Morgan fingerprint density at radius 1 is 1.00 bits per heavy atom. The summed E-state index contributed by atoms with van der Waals surface area (Å²) >= 11 is 0. The van der Waals surface area contributed by atoms with Crippen LogP contribution >= 0.6 is 0 Å². The number of carbonyl (C=O) groups is 1. The van der Waals surface area contributed by atoms with Crippen LogP contribution in [0.5, 0.6) is 0 Å². The van der Waals surface area contributed by atoms with Gasteiger partial charge in [0.15, 0.2) is 0 Å². The van der Waals surface area contributed by atoms with E-state index in [1.807, 2.05) is 6.07 Å². The van der Waals surface area contributed by atoms with Gasteiger partial charge in [0.25, 0.3) is 15.9 Å². The highest BCUT2D eigenvalue weighted by Gasteiger charge is 2.19. The molecule has 108 valence electrons. The van der Waals surface area contributed by atoms with Gasteiger partial charge in [-0.2, -0.15) is 0 Å². The van der Waals surface area contributed by atoms with Crippen LogP contribution in [0, 0.1) is 0 Å². The Morgan fingerprint density at radius 2 is 1.71 bits per heavy atom. The van der Waals surface area contributed by atoms with Gasteiger partial charge in [-0.3, -0.25) is 4.79 Å². The maximum atomic E-state index is 12.1. The minimum atomic E-state index is -3.84. The fourth-order valence-electron chi connectivity index (χ4n) is 2.28. The first kappa shape index (κ1) is 13.8. The van der Waals surface area contributed by atoms with Crippen molar-refractivity contribution in [3.8, 4) is 0 Å². The Morgan fingerprint density at radius 3 is 2.48 bits per heavy atom. The van der Waals surface area contributed by atoms with Gasteiger partial charge in [0.1, 0.15) is 0 Å². The van der Waals surface area contributed by atoms with Gasteiger partial charge >= 0.3 is 0 Å². The van der Waals surface area contributed by atoms with Crippen molar-refractivity contribution >= 4 is 15.9 Å². The molecule has 0 unspecified atom stereocenters. The highest BCUT2D eigenvalue weighted by atomic mass is 32.2. The van der Waals surface area contributed by atoms with Crippen LogP contribution < -0.4 is 10.0 Å². The first-order valence-electron chi connectivity index (χ1n) is 6.51. The minimum absolute atomic E-state index is 0.0705. The van der Waals surface area contributed by atoms with E-state index < -0.39 is 15.9 Å². The van der Waals surface area contributed by atoms with E-state index in [2.05, 4.69) is 10.0 Å².